The number of ether oxygens (including phenoxy) is 1. The molecule has 130 valence electrons. The average Bonchev–Trinajstić information content (AvgIpc) is 2.63. The first-order valence-corrected chi connectivity index (χ1v) is 7.82. The van der Waals surface area contributed by atoms with E-state index in [4.69, 9.17) is 4.74 Å². The molecule has 1 heterocycles. The minimum Gasteiger partial charge on any atom is -0.463 e. The third-order valence-electron chi connectivity index (χ3n) is 3.96. The van der Waals surface area contributed by atoms with Gasteiger partial charge in [-0.25, -0.2) is 9.18 Å². The molecule has 0 amide bonds. The molecule has 1 aromatic carbocycles. The summed E-state index contributed by atoms with van der Waals surface area (Å²) in [6.07, 6.45) is 0. The number of carbonyl (C=O) groups is 1. The van der Waals surface area contributed by atoms with Crippen molar-refractivity contribution in [3.8, 4) is 18.2 Å². The van der Waals surface area contributed by atoms with Crippen LogP contribution in [-0.4, -0.2) is 12.6 Å². The van der Waals surface area contributed by atoms with Gasteiger partial charge in [0.25, 0.3) is 0 Å². The lowest BCUT2D eigenvalue weighted by Crippen LogP contribution is -2.32. The van der Waals surface area contributed by atoms with Crippen molar-refractivity contribution in [1.82, 2.24) is 5.32 Å². The van der Waals surface area contributed by atoms with Crippen LogP contribution < -0.4 is 5.32 Å². The number of halogens is 1. The van der Waals surface area contributed by atoms with Crippen LogP contribution in [0.4, 0.5) is 4.39 Å². The zero-order valence-electron chi connectivity index (χ0n) is 14.2. The van der Waals surface area contributed by atoms with Crippen LogP contribution in [0.15, 0.2) is 46.8 Å². The molecular formula is C19H15FN4O2. The molecule has 1 aliphatic rings. The monoisotopic (exact) mass is 350 g/mol. The van der Waals surface area contributed by atoms with Crippen LogP contribution in [0, 0.1) is 45.7 Å². The Morgan fingerprint density at radius 3 is 2.38 bits per heavy atom. The van der Waals surface area contributed by atoms with Crippen LogP contribution in [0.5, 0.6) is 0 Å². The normalized spacial score (nSPS) is 16.4. The molecule has 0 aromatic heterocycles. The first-order chi connectivity index (χ1) is 12.5. The molecule has 0 saturated heterocycles. The Bertz CT molecular complexity index is 897. The minimum atomic E-state index is -1.20. The number of nitriles is 3. The molecular weight excluding hydrogens is 335 g/mol. The number of carbonyl (C=O) groups excluding carboxylic acids is 1. The van der Waals surface area contributed by atoms with Gasteiger partial charge in [0.2, 0.25) is 0 Å². The van der Waals surface area contributed by atoms with E-state index in [1.807, 2.05) is 18.2 Å². The fraction of sp³-hybridized carbons (Fsp3) is 0.263. The van der Waals surface area contributed by atoms with Crippen molar-refractivity contribution in [2.45, 2.75) is 19.8 Å². The first-order valence-electron chi connectivity index (χ1n) is 7.82. The number of rotatable bonds is 4. The second-order valence-electron chi connectivity index (χ2n) is 5.50. The van der Waals surface area contributed by atoms with Gasteiger partial charge in [-0.05, 0) is 31.5 Å². The highest BCUT2D eigenvalue weighted by molar-refractivity contribution is 5.93. The Labute approximate surface area is 150 Å². The SMILES string of the molecule is CCOC(=O)C1=C(C)NC(C(C#N)C#N)=C(C#N)[C@@H]1c1ccc(F)cc1. The molecule has 1 aliphatic heterocycles. The molecule has 1 aromatic rings. The number of esters is 1. The van der Waals surface area contributed by atoms with Crippen molar-refractivity contribution in [2.24, 2.45) is 5.92 Å². The second kappa shape index (κ2) is 7.96. The molecule has 0 spiro atoms. The zero-order chi connectivity index (χ0) is 19.3. The molecule has 0 saturated carbocycles. The first kappa shape index (κ1) is 18.7. The van der Waals surface area contributed by atoms with Crippen molar-refractivity contribution < 1.29 is 13.9 Å². The van der Waals surface area contributed by atoms with E-state index in [0.717, 1.165) is 0 Å². The van der Waals surface area contributed by atoms with Gasteiger partial charge in [-0.15, -0.1) is 0 Å². The smallest absolute Gasteiger partial charge is 0.336 e. The highest BCUT2D eigenvalue weighted by Crippen LogP contribution is 2.39. The Kier molecular flexibility index (Phi) is 5.73. The molecule has 1 atom stereocenters. The van der Waals surface area contributed by atoms with Gasteiger partial charge in [0.15, 0.2) is 5.92 Å². The standard InChI is InChI=1S/C19H15FN4O2/c1-3-26-19(25)16-11(2)24-18(13(8-21)9-22)15(10-23)17(16)12-4-6-14(20)7-5-12/h4-7,13,17,24H,3H2,1-2H3/t17-/m0/s1. The summed E-state index contributed by atoms with van der Waals surface area (Å²) in [6.45, 7) is 3.40. The molecule has 2 rings (SSSR count). The molecule has 26 heavy (non-hydrogen) atoms. The summed E-state index contributed by atoms with van der Waals surface area (Å²) < 4.78 is 18.4. The topological polar surface area (TPSA) is 110 Å². The lowest BCUT2D eigenvalue weighted by Gasteiger charge is -2.30. The van der Waals surface area contributed by atoms with E-state index < -0.39 is 23.6 Å². The Hall–Kier alpha value is -3.63. The van der Waals surface area contributed by atoms with E-state index in [9.17, 15) is 25.0 Å². The summed E-state index contributed by atoms with van der Waals surface area (Å²) >= 11 is 0. The van der Waals surface area contributed by atoms with Crippen molar-refractivity contribution in [1.29, 1.82) is 15.8 Å². The van der Waals surface area contributed by atoms with Crippen molar-refractivity contribution in [3.05, 3.63) is 58.2 Å². The van der Waals surface area contributed by atoms with Crippen LogP contribution in [0.2, 0.25) is 0 Å². The summed E-state index contributed by atoms with van der Waals surface area (Å²) in [6, 6.07) is 11.0. The van der Waals surface area contributed by atoms with E-state index in [1.54, 1.807) is 13.8 Å². The molecule has 1 N–H and O–H groups in total. The number of nitrogens with one attached hydrogen (secondary N) is 1. The predicted octanol–water partition coefficient (Wildman–Crippen LogP) is 2.79. The van der Waals surface area contributed by atoms with E-state index in [2.05, 4.69) is 5.32 Å². The van der Waals surface area contributed by atoms with Crippen molar-refractivity contribution >= 4 is 5.97 Å². The lowest BCUT2D eigenvalue weighted by atomic mass is 9.79. The van der Waals surface area contributed by atoms with Crippen LogP contribution in [0.1, 0.15) is 25.3 Å². The Balaban J connectivity index is 2.72. The molecule has 0 aliphatic carbocycles. The number of hydrogen-bond donors (Lipinski definition) is 1. The second-order valence-corrected chi connectivity index (χ2v) is 5.50. The van der Waals surface area contributed by atoms with Gasteiger partial charge in [0, 0.05) is 5.70 Å². The Morgan fingerprint density at radius 1 is 1.27 bits per heavy atom. The van der Waals surface area contributed by atoms with E-state index in [-0.39, 0.29) is 23.5 Å². The highest BCUT2D eigenvalue weighted by atomic mass is 19.1. The number of allylic oxidation sites excluding steroid dienone is 3. The van der Waals surface area contributed by atoms with Gasteiger partial charge >= 0.3 is 5.97 Å². The average molecular weight is 350 g/mol. The maximum Gasteiger partial charge on any atom is 0.336 e. The molecule has 0 radical (unpaired) electrons. The lowest BCUT2D eigenvalue weighted by molar-refractivity contribution is -0.138. The molecule has 0 fully saturated rings. The van der Waals surface area contributed by atoms with Crippen LogP contribution >= 0.6 is 0 Å². The number of hydrogen-bond acceptors (Lipinski definition) is 6. The Morgan fingerprint density at radius 2 is 1.88 bits per heavy atom. The molecule has 7 heteroatoms. The summed E-state index contributed by atoms with van der Waals surface area (Å²) in [4.78, 5) is 12.5. The maximum atomic E-state index is 13.3. The van der Waals surface area contributed by atoms with Gasteiger partial charge in [-0.3, -0.25) is 0 Å². The minimum absolute atomic E-state index is 0.0540. The summed E-state index contributed by atoms with van der Waals surface area (Å²) in [5, 5.41) is 31.0. The third-order valence-corrected chi connectivity index (χ3v) is 3.96. The highest BCUT2D eigenvalue weighted by Gasteiger charge is 2.37. The summed E-state index contributed by atoms with van der Waals surface area (Å²) in [7, 11) is 0. The number of benzene rings is 1. The largest absolute Gasteiger partial charge is 0.463 e. The molecule has 6 nitrogen and oxygen atoms in total. The third kappa shape index (κ3) is 3.41. The number of nitrogens with zero attached hydrogens (tertiary/aromatic N) is 3. The van der Waals surface area contributed by atoms with Crippen molar-refractivity contribution in [3.63, 3.8) is 0 Å². The maximum absolute atomic E-state index is 13.3. The van der Waals surface area contributed by atoms with Crippen molar-refractivity contribution in [2.75, 3.05) is 6.61 Å². The van der Waals surface area contributed by atoms with E-state index in [0.29, 0.717) is 11.3 Å². The zero-order valence-corrected chi connectivity index (χ0v) is 14.2. The summed E-state index contributed by atoms with van der Waals surface area (Å²) in [5.74, 6) is -3.15. The van der Waals surface area contributed by atoms with Gasteiger partial charge in [-0.1, -0.05) is 12.1 Å². The van der Waals surface area contributed by atoms with Crippen LogP contribution in [0.3, 0.4) is 0 Å². The fourth-order valence-corrected chi connectivity index (χ4v) is 2.83. The van der Waals surface area contributed by atoms with Crippen LogP contribution in [0.25, 0.3) is 0 Å². The van der Waals surface area contributed by atoms with E-state index in [1.165, 1.54) is 24.3 Å². The molecule has 0 bridgehead atoms. The fourth-order valence-electron chi connectivity index (χ4n) is 2.83. The van der Waals surface area contributed by atoms with Crippen LogP contribution in [-0.2, 0) is 9.53 Å². The molecule has 0 unspecified atom stereocenters. The predicted molar refractivity (Wildman–Crippen MR) is 89.0 cm³/mol. The van der Waals surface area contributed by atoms with Gasteiger partial charge < -0.3 is 10.1 Å². The quantitative estimate of drug-likeness (QED) is 0.836. The summed E-state index contributed by atoms with van der Waals surface area (Å²) in [5.41, 5.74) is 1.23. The van der Waals surface area contributed by atoms with Gasteiger partial charge in [-0.2, -0.15) is 15.8 Å². The van der Waals surface area contributed by atoms with Gasteiger partial charge in [0.1, 0.15) is 5.82 Å². The number of dihydropyridines is 1. The van der Waals surface area contributed by atoms with Gasteiger partial charge in [0.05, 0.1) is 47.6 Å². The van der Waals surface area contributed by atoms with E-state index >= 15 is 0 Å².